The Morgan fingerprint density at radius 1 is 1.21 bits per heavy atom. The van der Waals surface area contributed by atoms with Gasteiger partial charge in [-0.2, -0.15) is 0 Å². The van der Waals surface area contributed by atoms with E-state index in [0.29, 0.717) is 11.5 Å². The number of carbonyl (C=O) groups excluding carboxylic acids is 1. The molecule has 130 valence electrons. The normalized spacial score (nSPS) is 20.1. The predicted octanol–water partition coefficient (Wildman–Crippen LogP) is 2.54. The van der Waals surface area contributed by atoms with Gasteiger partial charge in [-0.3, -0.25) is 4.79 Å². The number of rotatable bonds is 3. The first-order valence-corrected chi connectivity index (χ1v) is 8.69. The van der Waals surface area contributed by atoms with Crippen LogP contribution in [0.4, 0.5) is 5.69 Å². The first-order valence-electron chi connectivity index (χ1n) is 8.69. The Hall–Kier alpha value is -1.95. The molecule has 1 aliphatic carbocycles. The van der Waals surface area contributed by atoms with E-state index in [1.165, 1.54) is 0 Å². The van der Waals surface area contributed by atoms with Crippen LogP contribution < -0.4 is 19.5 Å². The lowest BCUT2D eigenvalue weighted by Gasteiger charge is -2.29. The molecule has 1 fully saturated rings. The third kappa shape index (κ3) is 2.49. The second-order valence-corrected chi connectivity index (χ2v) is 6.89. The summed E-state index contributed by atoms with van der Waals surface area (Å²) >= 11 is 0. The Balaban J connectivity index is 1.76. The van der Waals surface area contributed by atoms with E-state index in [1.54, 1.807) is 7.11 Å². The minimum atomic E-state index is 0.108. The monoisotopic (exact) mass is 332 g/mol. The third-order valence-electron chi connectivity index (χ3n) is 5.34. The summed E-state index contributed by atoms with van der Waals surface area (Å²) in [4.78, 5) is 14.9. The van der Waals surface area contributed by atoms with Gasteiger partial charge in [0, 0.05) is 24.6 Å². The van der Waals surface area contributed by atoms with Gasteiger partial charge in [0.2, 0.25) is 18.4 Å². The van der Waals surface area contributed by atoms with Gasteiger partial charge in [0.15, 0.2) is 11.5 Å². The molecule has 3 aliphatic rings. The number of carbonyl (C=O) groups is 1. The molecule has 2 heterocycles. The number of anilines is 1. The highest BCUT2D eigenvalue weighted by atomic mass is 16.7. The predicted molar refractivity (Wildman–Crippen MR) is 89.7 cm³/mol. The number of ether oxygens (including phenoxy) is 3. The number of methoxy groups -OCH3 is 1. The summed E-state index contributed by atoms with van der Waals surface area (Å²) in [6, 6.07) is 0. The summed E-state index contributed by atoms with van der Waals surface area (Å²) < 4.78 is 17.0. The maximum Gasteiger partial charge on any atom is 0.231 e. The molecule has 6 heteroatoms. The highest BCUT2D eigenvalue weighted by Crippen LogP contribution is 2.52. The molecule has 1 aromatic carbocycles. The van der Waals surface area contributed by atoms with Crippen LogP contribution in [0.5, 0.6) is 17.2 Å². The quantitative estimate of drug-likeness (QED) is 0.922. The van der Waals surface area contributed by atoms with Crippen molar-refractivity contribution < 1.29 is 19.0 Å². The van der Waals surface area contributed by atoms with Crippen LogP contribution in [0.25, 0.3) is 0 Å². The van der Waals surface area contributed by atoms with E-state index in [-0.39, 0.29) is 18.6 Å². The molecular weight excluding hydrogens is 308 g/mol. The van der Waals surface area contributed by atoms with E-state index in [2.05, 4.69) is 17.3 Å². The van der Waals surface area contributed by atoms with Gasteiger partial charge in [-0.15, -0.1) is 0 Å². The van der Waals surface area contributed by atoms with Crippen LogP contribution >= 0.6 is 0 Å². The third-order valence-corrected chi connectivity index (χ3v) is 5.34. The number of amides is 1. The average molecular weight is 332 g/mol. The fourth-order valence-electron chi connectivity index (χ4n) is 4.05. The van der Waals surface area contributed by atoms with Crippen molar-refractivity contribution in [2.45, 2.75) is 38.6 Å². The van der Waals surface area contributed by atoms with Crippen LogP contribution in [0.15, 0.2) is 0 Å². The molecule has 1 aromatic rings. The van der Waals surface area contributed by atoms with E-state index in [1.807, 2.05) is 0 Å². The second kappa shape index (κ2) is 6.16. The Bertz CT molecular complexity index is 668. The molecule has 1 N–H and O–H groups in total. The maximum atomic E-state index is 12.7. The van der Waals surface area contributed by atoms with Gasteiger partial charge in [0.25, 0.3) is 0 Å². The number of nitrogens with zero attached hydrogens (tertiary/aromatic N) is 1. The van der Waals surface area contributed by atoms with E-state index >= 15 is 0 Å². The van der Waals surface area contributed by atoms with E-state index in [0.717, 1.165) is 67.8 Å². The molecule has 0 unspecified atom stereocenters. The molecule has 2 aliphatic heterocycles. The fourth-order valence-corrected chi connectivity index (χ4v) is 4.05. The smallest absolute Gasteiger partial charge is 0.231 e. The number of hydrogen-bond donors (Lipinski definition) is 1. The highest BCUT2D eigenvalue weighted by molar-refractivity contribution is 5.96. The number of benzene rings is 1. The first kappa shape index (κ1) is 15.6. The van der Waals surface area contributed by atoms with Crippen molar-refractivity contribution in [2.75, 3.05) is 32.8 Å². The molecule has 24 heavy (non-hydrogen) atoms. The van der Waals surface area contributed by atoms with Crippen molar-refractivity contribution in [3.63, 3.8) is 0 Å². The average Bonchev–Trinajstić information content (AvgIpc) is 3.26. The van der Waals surface area contributed by atoms with Gasteiger partial charge in [-0.25, -0.2) is 0 Å². The molecule has 0 bridgehead atoms. The van der Waals surface area contributed by atoms with Gasteiger partial charge in [-0.1, -0.05) is 12.8 Å². The van der Waals surface area contributed by atoms with E-state index < -0.39 is 0 Å². The van der Waals surface area contributed by atoms with Crippen molar-refractivity contribution in [1.29, 1.82) is 0 Å². The first-order chi connectivity index (χ1) is 11.7. The molecule has 0 radical (unpaired) electrons. The van der Waals surface area contributed by atoms with Crippen LogP contribution in [0.3, 0.4) is 0 Å². The van der Waals surface area contributed by atoms with Crippen molar-refractivity contribution in [2.24, 2.45) is 5.92 Å². The molecule has 1 amide bonds. The molecule has 0 saturated heterocycles. The summed E-state index contributed by atoms with van der Waals surface area (Å²) in [5, 5.41) is 3.16. The van der Waals surface area contributed by atoms with Crippen LogP contribution in [0, 0.1) is 5.92 Å². The molecule has 1 saturated carbocycles. The SMILES string of the molecule is COc1c2c(c(NC(=O)C3CCCC3)c3c1OCO3)CCN(C)C2. The zero-order chi connectivity index (χ0) is 16.7. The zero-order valence-electron chi connectivity index (χ0n) is 14.3. The summed E-state index contributed by atoms with van der Waals surface area (Å²) in [5.41, 5.74) is 3.01. The molecule has 0 atom stereocenters. The lowest BCUT2D eigenvalue weighted by molar-refractivity contribution is -0.119. The lowest BCUT2D eigenvalue weighted by Crippen LogP contribution is -2.29. The summed E-state index contributed by atoms with van der Waals surface area (Å²) in [6.07, 6.45) is 5.10. The maximum absolute atomic E-state index is 12.7. The fraction of sp³-hybridized carbons (Fsp3) is 0.611. The van der Waals surface area contributed by atoms with Crippen LogP contribution in [0.1, 0.15) is 36.8 Å². The Kier molecular flexibility index (Phi) is 4.00. The van der Waals surface area contributed by atoms with Crippen LogP contribution in [-0.2, 0) is 17.8 Å². The Morgan fingerprint density at radius 2 is 1.96 bits per heavy atom. The Labute approximate surface area is 142 Å². The van der Waals surface area contributed by atoms with Gasteiger partial charge < -0.3 is 24.4 Å². The molecule has 0 spiro atoms. The summed E-state index contributed by atoms with van der Waals surface area (Å²) in [7, 11) is 3.74. The largest absolute Gasteiger partial charge is 0.492 e. The van der Waals surface area contributed by atoms with Gasteiger partial charge >= 0.3 is 0 Å². The lowest BCUT2D eigenvalue weighted by atomic mass is 9.95. The van der Waals surface area contributed by atoms with Gasteiger partial charge in [0.1, 0.15) is 0 Å². The highest BCUT2D eigenvalue weighted by Gasteiger charge is 2.34. The molecule has 6 nitrogen and oxygen atoms in total. The number of hydrogen-bond acceptors (Lipinski definition) is 5. The summed E-state index contributed by atoms with van der Waals surface area (Å²) in [5.74, 6) is 2.21. The number of likely N-dealkylation sites (N-methyl/N-ethyl adjacent to an activating group) is 1. The number of nitrogens with one attached hydrogen (secondary N) is 1. The molecule has 0 aromatic heterocycles. The van der Waals surface area contributed by atoms with Crippen molar-refractivity contribution in [3.05, 3.63) is 11.1 Å². The van der Waals surface area contributed by atoms with Crippen molar-refractivity contribution in [1.82, 2.24) is 4.90 Å². The van der Waals surface area contributed by atoms with Crippen LogP contribution in [-0.4, -0.2) is 38.3 Å². The van der Waals surface area contributed by atoms with Crippen molar-refractivity contribution >= 4 is 11.6 Å². The minimum absolute atomic E-state index is 0.108. The topological polar surface area (TPSA) is 60.0 Å². The van der Waals surface area contributed by atoms with E-state index in [4.69, 9.17) is 14.2 Å². The Morgan fingerprint density at radius 3 is 2.71 bits per heavy atom. The number of fused-ring (bicyclic) bond motifs is 2. The van der Waals surface area contributed by atoms with Gasteiger partial charge in [-0.05, 0) is 31.9 Å². The minimum Gasteiger partial charge on any atom is -0.492 e. The zero-order valence-corrected chi connectivity index (χ0v) is 14.3. The summed E-state index contributed by atoms with van der Waals surface area (Å²) in [6.45, 7) is 1.89. The molecule has 4 rings (SSSR count). The van der Waals surface area contributed by atoms with Gasteiger partial charge in [0.05, 0.1) is 12.8 Å². The van der Waals surface area contributed by atoms with Crippen molar-refractivity contribution in [3.8, 4) is 17.2 Å². The van der Waals surface area contributed by atoms with Crippen LogP contribution in [0.2, 0.25) is 0 Å². The van der Waals surface area contributed by atoms with E-state index in [9.17, 15) is 4.79 Å². The second-order valence-electron chi connectivity index (χ2n) is 6.89. The standard InChI is InChI=1S/C18H24N2O4/c1-20-8-7-12-13(9-20)15(22-2)17-16(23-10-24-17)14(12)19-18(21)11-5-3-4-6-11/h11H,3-10H2,1-2H3,(H,19,21). The molecular formula is C18H24N2O4.